The van der Waals surface area contributed by atoms with Crippen LogP contribution in [0.4, 0.5) is 0 Å². The van der Waals surface area contributed by atoms with E-state index in [1.54, 1.807) is 36.4 Å². The van der Waals surface area contributed by atoms with E-state index in [2.05, 4.69) is 38.5 Å². The molecule has 3 rings (SSSR count). The van der Waals surface area contributed by atoms with Gasteiger partial charge in [0.1, 0.15) is 23.9 Å². The van der Waals surface area contributed by atoms with Gasteiger partial charge in [0.15, 0.2) is 0 Å². The van der Waals surface area contributed by atoms with E-state index >= 15 is 0 Å². The Labute approximate surface area is 236 Å². The zero-order chi connectivity index (χ0) is 29.1. The Hall–Kier alpha value is -4.36. The molecule has 4 atom stereocenters. The number of nitrogens with one attached hydrogen (secondary N) is 4. The maximum absolute atomic E-state index is 13.5. The second-order valence-corrected chi connectivity index (χ2v) is 9.52. The van der Waals surface area contributed by atoms with Gasteiger partial charge in [-0.25, -0.2) is 9.78 Å². The standard InChI is InChI=1S/C27H32N6O6S/c28-20(10-17-6-8-19(34)9-7-17)24(35)31-21(11-16-4-2-1-3-5-16)25(36)32-22(12-18-13-29-15-30-18)26(37)33-23(14-40)27(38)39/h1-9,13,15,20-23,34,40H,10-12,14,28H2,(H,29,30)(H,31,35)(H,32,36)(H,33,37)(H,38,39). The molecule has 3 amide bonds. The van der Waals surface area contributed by atoms with Crippen molar-refractivity contribution in [3.05, 3.63) is 83.9 Å². The molecule has 0 saturated heterocycles. The molecule has 8 N–H and O–H groups in total. The molecule has 1 aromatic heterocycles. The van der Waals surface area contributed by atoms with Crippen molar-refractivity contribution >= 4 is 36.3 Å². The first-order chi connectivity index (χ1) is 19.2. The number of aliphatic carboxylic acids is 1. The Kier molecular flexibility index (Phi) is 11.1. The number of amides is 3. The number of aromatic hydroxyl groups is 1. The molecule has 0 aliphatic rings. The van der Waals surface area contributed by atoms with Crippen LogP contribution in [0.5, 0.6) is 5.75 Å². The number of carbonyl (C=O) groups is 4. The molecule has 12 nitrogen and oxygen atoms in total. The predicted octanol–water partition coefficient (Wildman–Crippen LogP) is -0.0607. The number of aromatic amines is 1. The Bertz CT molecular complexity index is 1270. The third-order valence-corrected chi connectivity index (χ3v) is 6.42. The number of hydrogen-bond acceptors (Lipinski definition) is 8. The summed E-state index contributed by atoms with van der Waals surface area (Å²) in [5.41, 5.74) is 8.12. The second-order valence-electron chi connectivity index (χ2n) is 9.15. The maximum atomic E-state index is 13.5. The molecular formula is C27H32N6O6S. The quantitative estimate of drug-likeness (QED) is 0.124. The number of nitrogens with two attached hydrogens (primary N) is 1. The first-order valence-corrected chi connectivity index (χ1v) is 13.1. The molecular weight excluding hydrogens is 536 g/mol. The number of rotatable bonds is 14. The van der Waals surface area contributed by atoms with Crippen LogP contribution in [0.2, 0.25) is 0 Å². The molecule has 0 aliphatic heterocycles. The van der Waals surface area contributed by atoms with Gasteiger partial charge >= 0.3 is 5.97 Å². The molecule has 0 saturated carbocycles. The van der Waals surface area contributed by atoms with E-state index in [0.29, 0.717) is 5.69 Å². The van der Waals surface area contributed by atoms with Gasteiger partial charge < -0.3 is 36.9 Å². The topological polar surface area (TPSA) is 200 Å². The first kappa shape index (κ1) is 30.2. The van der Waals surface area contributed by atoms with Crippen molar-refractivity contribution in [1.29, 1.82) is 0 Å². The van der Waals surface area contributed by atoms with Crippen molar-refractivity contribution in [2.75, 3.05) is 5.75 Å². The first-order valence-electron chi connectivity index (χ1n) is 12.5. The highest BCUT2D eigenvalue weighted by molar-refractivity contribution is 7.80. The number of imidazole rings is 1. The van der Waals surface area contributed by atoms with Gasteiger partial charge in [-0.2, -0.15) is 12.6 Å². The highest BCUT2D eigenvalue weighted by Gasteiger charge is 2.30. The van der Waals surface area contributed by atoms with Crippen LogP contribution < -0.4 is 21.7 Å². The summed E-state index contributed by atoms with van der Waals surface area (Å²) >= 11 is 3.97. The van der Waals surface area contributed by atoms with Crippen LogP contribution in [-0.2, 0) is 38.4 Å². The number of carboxylic acids is 1. The van der Waals surface area contributed by atoms with Gasteiger partial charge in [-0.3, -0.25) is 14.4 Å². The lowest BCUT2D eigenvalue weighted by Gasteiger charge is -2.25. The Morgan fingerprint density at radius 3 is 1.98 bits per heavy atom. The maximum Gasteiger partial charge on any atom is 0.327 e. The minimum atomic E-state index is -1.27. The summed E-state index contributed by atoms with van der Waals surface area (Å²) in [7, 11) is 0. The summed E-state index contributed by atoms with van der Waals surface area (Å²) in [6, 6.07) is 10.7. The fraction of sp³-hybridized carbons (Fsp3) is 0.296. The second kappa shape index (κ2) is 14.7. The third kappa shape index (κ3) is 9.13. The molecule has 13 heteroatoms. The number of nitrogens with zero attached hydrogens (tertiary/aromatic N) is 1. The number of phenolic OH excluding ortho intramolecular Hbond substituents is 1. The van der Waals surface area contributed by atoms with Crippen LogP contribution >= 0.6 is 12.6 Å². The van der Waals surface area contributed by atoms with Crippen molar-refractivity contribution in [2.24, 2.45) is 5.73 Å². The van der Waals surface area contributed by atoms with Gasteiger partial charge in [-0.15, -0.1) is 0 Å². The summed E-state index contributed by atoms with van der Waals surface area (Å²) in [5, 5.41) is 26.5. The van der Waals surface area contributed by atoms with Gasteiger partial charge in [-0.1, -0.05) is 42.5 Å². The van der Waals surface area contributed by atoms with Crippen LogP contribution in [0.25, 0.3) is 0 Å². The molecule has 2 aromatic carbocycles. The number of aromatic nitrogens is 2. The number of phenols is 1. The minimum Gasteiger partial charge on any atom is -0.508 e. The van der Waals surface area contributed by atoms with Crippen molar-refractivity contribution in [2.45, 2.75) is 43.4 Å². The zero-order valence-corrected chi connectivity index (χ0v) is 22.4. The van der Waals surface area contributed by atoms with Crippen LogP contribution in [0, 0.1) is 0 Å². The number of carboxylic acid groups (broad SMARTS) is 1. The molecule has 4 unspecified atom stereocenters. The molecule has 0 spiro atoms. The Balaban J connectivity index is 1.78. The lowest BCUT2D eigenvalue weighted by Crippen LogP contribution is -2.58. The van der Waals surface area contributed by atoms with E-state index in [0.717, 1.165) is 11.1 Å². The zero-order valence-electron chi connectivity index (χ0n) is 21.5. The van der Waals surface area contributed by atoms with E-state index < -0.39 is 47.9 Å². The fourth-order valence-electron chi connectivity index (χ4n) is 3.87. The summed E-state index contributed by atoms with van der Waals surface area (Å²) in [4.78, 5) is 57.8. The smallest absolute Gasteiger partial charge is 0.327 e. The SMILES string of the molecule is NC(Cc1ccc(O)cc1)C(=O)NC(Cc1ccccc1)C(=O)NC(Cc1cnc[nH]1)C(=O)NC(CS)C(=O)O. The summed E-state index contributed by atoms with van der Waals surface area (Å²) in [5.74, 6) is -3.33. The van der Waals surface area contributed by atoms with Gasteiger partial charge in [0.05, 0.1) is 12.4 Å². The lowest BCUT2D eigenvalue weighted by atomic mass is 10.0. The van der Waals surface area contributed by atoms with E-state index in [4.69, 9.17) is 5.73 Å². The number of benzene rings is 2. The van der Waals surface area contributed by atoms with Crippen molar-refractivity contribution < 1.29 is 29.4 Å². The monoisotopic (exact) mass is 568 g/mol. The Morgan fingerprint density at radius 1 is 0.825 bits per heavy atom. The summed E-state index contributed by atoms with van der Waals surface area (Å²) < 4.78 is 0. The van der Waals surface area contributed by atoms with Crippen molar-refractivity contribution in [1.82, 2.24) is 25.9 Å². The van der Waals surface area contributed by atoms with Gasteiger partial charge in [-0.05, 0) is 29.7 Å². The van der Waals surface area contributed by atoms with E-state index in [-0.39, 0.29) is 30.8 Å². The van der Waals surface area contributed by atoms with Crippen LogP contribution in [0.15, 0.2) is 67.1 Å². The average molecular weight is 569 g/mol. The summed E-state index contributed by atoms with van der Waals surface area (Å²) in [6.07, 6.45) is 3.15. The number of carbonyl (C=O) groups excluding carboxylic acids is 3. The molecule has 0 bridgehead atoms. The lowest BCUT2D eigenvalue weighted by molar-refractivity contribution is -0.141. The normalized spacial score (nSPS) is 13.8. The molecule has 0 fully saturated rings. The summed E-state index contributed by atoms with van der Waals surface area (Å²) in [6.45, 7) is 0. The Morgan fingerprint density at radius 2 is 1.40 bits per heavy atom. The molecule has 40 heavy (non-hydrogen) atoms. The van der Waals surface area contributed by atoms with E-state index in [9.17, 15) is 29.4 Å². The predicted molar refractivity (Wildman–Crippen MR) is 150 cm³/mol. The highest BCUT2D eigenvalue weighted by Crippen LogP contribution is 2.12. The van der Waals surface area contributed by atoms with Crippen molar-refractivity contribution in [3.63, 3.8) is 0 Å². The van der Waals surface area contributed by atoms with E-state index in [1.165, 1.54) is 24.7 Å². The van der Waals surface area contributed by atoms with E-state index in [1.807, 2.05) is 6.07 Å². The average Bonchev–Trinajstić information content (AvgIpc) is 3.45. The van der Waals surface area contributed by atoms with Crippen molar-refractivity contribution in [3.8, 4) is 5.75 Å². The third-order valence-electron chi connectivity index (χ3n) is 6.05. The van der Waals surface area contributed by atoms with Crippen LogP contribution in [0.1, 0.15) is 16.8 Å². The van der Waals surface area contributed by atoms with Gasteiger partial charge in [0, 0.05) is 30.5 Å². The molecule has 3 aromatic rings. The molecule has 212 valence electrons. The molecule has 0 radical (unpaired) electrons. The number of hydrogen-bond donors (Lipinski definition) is 8. The molecule has 1 heterocycles. The fourth-order valence-corrected chi connectivity index (χ4v) is 4.12. The van der Waals surface area contributed by atoms with Gasteiger partial charge in [0.2, 0.25) is 17.7 Å². The number of thiol groups is 1. The van der Waals surface area contributed by atoms with Crippen LogP contribution in [0.3, 0.4) is 0 Å². The minimum absolute atomic E-state index is 0.0111. The van der Waals surface area contributed by atoms with Gasteiger partial charge in [0.25, 0.3) is 0 Å². The highest BCUT2D eigenvalue weighted by atomic mass is 32.1. The largest absolute Gasteiger partial charge is 0.508 e. The van der Waals surface area contributed by atoms with Crippen LogP contribution in [-0.4, -0.2) is 73.8 Å². The number of H-pyrrole nitrogens is 1. The molecule has 0 aliphatic carbocycles.